The highest BCUT2D eigenvalue weighted by Crippen LogP contribution is 2.27. The predicted octanol–water partition coefficient (Wildman–Crippen LogP) is 3.61. The van der Waals surface area contributed by atoms with Gasteiger partial charge in [-0.15, -0.1) is 0 Å². The van der Waals surface area contributed by atoms with E-state index in [4.69, 9.17) is 0 Å². The van der Waals surface area contributed by atoms with Crippen molar-refractivity contribution in [2.45, 2.75) is 32.2 Å². The van der Waals surface area contributed by atoms with Gasteiger partial charge >= 0.3 is 0 Å². The number of hydrogen-bond donors (Lipinski definition) is 0. The van der Waals surface area contributed by atoms with Gasteiger partial charge in [-0.2, -0.15) is 0 Å². The van der Waals surface area contributed by atoms with Crippen LogP contribution in [0, 0.1) is 6.92 Å². The molecule has 132 valence electrons. The highest BCUT2D eigenvalue weighted by Gasteiger charge is 2.27. The summed E-state index contributed by atoms with van der Waals surface area (Å²) in [6, 6.07) is 12.5. The third-order valence-electron chi connectivity index (χ3n) is 5.10. The van der Waals surface area contributed by atoms with E-state index in [1.807, 2.05) is 36.1 Å². The van der Waals surface area contributed by atoms with Crippen LogP contribution >= 0.6 is 0 Å². The van der Waals surface area contributed by atoms with Crippen LogP contribution in [0.4, 0.5) is 0 Å². The number of likely N-dealkylation sites (tertiary alicyclic amines) is 1. The fourth-order valence-corrected chi connectivity index (χ4v) is 3.58. The Morgan fingerprint density at radius 1 is 1.16 bits per heavy atom. The Kier molecular flexibility index (Phi) is 5.49. The van der Waals surface area contributed by atoms with Crippen LogP contribution in [0.1, 0.15) is 35.3 Å². The first-order valence-corrected chi connectivity index (χ1v) is 9.04. The fourth-order valence-electron chi connectivity index (χ4n) is 3.58. The Bertz CT molecular complexity index is 727. The molecule has 1 unspecified atom stereocenters. The largest absolute Gasteiger partial charge is 0.337 e. The van der Waals surface area contributed by atoms with Crippen molar-refractivity contribution in [2.24, 2.45) is 0 Å². The van der Waals surface area contributed by atoms with Crippen molar-refractivity contribution < 1.29 is 4.79 Å². The maximum Gasteiger partial charge on any atom is 0.256 e. The highest BCUT2D eigenvalue weighted by atomic mass is 16.2. The van der Waals surface area contributed by atoms with Gasteiger partial charge in [-0.1, -0.05) is 36.8 Å². The lowest BCUT2D eigenvalue weighted by Gasteiger charge is -2.29. The van der Waals surface area contributed by atoms with Crippen molar-refractivity contribution in [3.63, 3.8) is 0 Å². The quantitative estimate of drug-likeness (QED) is 0.858. The van der Waals surface area contributed by atoms with Gasteiger partial charge in [0.25, 0.3) is 5.91 Å². The molecular weight excluding hydrogens is 310 g/mol. The summed E-state index contributed by atoms with van der Waals surface area (Å²) < 4.78 is 0. The zero-order valence-corrected chi connectivity index (χ0v) is 15.4. The lowest BCUT2D eigenvalue weighted by molar-refractivity contribution is 0.0725. The topological polar surface area (TPSA) is 36.4 Å². The van der Waals surface area contributed by atoms with E-state index in [9.17, 15) is 4.79 Å². The van der Waals surface area contributed by atoms with Crippen LogP contribution in [0.2, 0.25) is 0 Å². The molecule has 1 saturated heterocycles. The van der Waals surface area contributed by atoms with Crippen LogP contribution in [-0.4, -0.2) is 53.9 Å². The number of carbonyl (C=O) groups is 1. The predicted molar refractivity (Wildman–Crippen MR) is 102 cm³/mol. The normalized spacial score (nSPS) is 18.2. The van der Waals surface area contributed by atoms with Crippen LogP contribution < -0.4 is 0 Å². The van der Waals surface area contributed by atoms with Gasteiger partial charge in [-0.3, -0.25) is 9.78 Å². The van der Waals surface area contributed by atoms with Gasteiger partial charge in [0, 0.05) is 25.3 Å². The summed E-state index contributed by atoms with van der Waals surface area (Å²) in [6.07, 6.45) is 5.17. The average molecular weight is 337 g/mol. The molecule has 0 bridgehead atoms. The summed E-state index contributed by atoms with van der Waals surface area (Å²) in [7, 11) is 4.20. The Hall–Kier alpha value is -2.20. The first kappa shape index (κ1) is 17.6. The van der Waals surface area contributed by atoms with Crippen molar-refractivity contribution in [1.29, 1.82) is 0 Å². The van der Waals surface area contributed by atoms with E-state index in [2.05, 4.69) is 36.1 Å². The smallest absolute Gasteiger partial charge is 0.256 e. The molecule has 2 aromatic rings. The Morgan fingerprint density at radius 3 is 2.64 bits per heavy atom. The van der Waals surface area contributed by atoms with E-state index in [1.165, 1.54) is 6.42 Å². The molecule has 0 spiro atoms. The molecule has 1 aromatic heterocycles. The Morgan fingerprint density at radius 2 is 1.92 bits per heavy atom. The first-order valence-electron chi connectivity index (χ1n) is 9.04. The summed E-state index contributed by atoms with van der Waals surface area (Å²) in [6.45, 7) is 3.54. The van der Waals surface area contributed by atoms with Crippen molar-refractivity contribution >= 4 is 5.91 Å². The molecule has 1 aliphatic rings. The van der Waals surface area contributed by atoms with Crippen molar-refractivity contribution in [3.8, 4) is 11.1 Å². The number of benzene rings is 1. The van der Waals surface area contributed by atoms with E-state index < -0.39 is 0 Å². The van der Waals surface area contributed by atoms with E-state index >= 15 is 0 Å². The molecule has 3 rings (SSSR count). The maximum absolute atomic E-state index is 13.4. The van der Waals surface area contributed by atoms with E-state index in [0.29, 0.717) is 6.04 Å². The van der Waals surface area contributed by atoms with Crippen LogP contribution in [-0.2, 0) is 0 Å². The second kappa shape index (κ2) is 7.79. The monoisotopic (exact) mass is 337 g/mol. The van der Waals surface area contributed by atoms with Gasteiger partial charge in [0.15, 0.2) is 0 Å². The Labute approximate surface area is 150 Å². The molecule has 0 radical (unpaired) electrons. The molecule has 0 aliphatic carbocycles. The molecule has 1 atom stereocenters. The minimum absolute atomic E-state index is 0.109. The van der Waals surface area contributed by atoms with Crippen LogP contribution in [0.5, 0.6) is 0 Å². The van der Waals surface area contributed by atoms with Crippen molar-refractivity contribution in [2.75, 3.05) is 27.2 Å². The molecule has 4 heteroatoms. The number of pyridine rings is 1. The minimum atomic E-state index is 0.109. The number of aromatic nitrogens is 1. The number of aryl methyl sites for hydroxylation is 1. The number of amides is 1. The van der Waals surface area contributed by atoms with E-state index in [-0.39, 0.29) is 5.91 Å². The molecular formula is C21H27N3O. The van der Waals surface area contributed by atoms with Crippen molar-refractivity contribution in [1.82, 2.24) is 14.8 Å². The summed E-state index contributed by atoms with van der Waals surface area (Å²) in [5.74, 6) is 0.109. The lowest BCUT2D eigenvalue weighted by Crippen LogP contribution is -2.42. The molecule has 2 heterocycles. The van der Waals surface area contributed by atoms with Gasteiger partial charge in [-0.25, -0.2) is 0 Å². The summed E-state index contributed by atoms with van der Waals surface area (Å²) in [4.78, 5) is 22.1. The van der Waals surface area contributed by atoms with Gasteiger partial charge in [0.05, 0.1) is 11.3 Å². The zero-order valence-electron chi connectivity index (χ0n) is 15.4. The number of nitrogens with zero attached hydrogens (tertiary/aromatic N) is 3. The molecule has 1 aliphatic heterocycles. The number of hydrogen-bond acceptors (Lipinski definition) is 3. The minimum Gasteiger partial charge on any atom is -0.337 e. The molecule has 0 saturated carbocycles. The molecule has 4 nitrogen and oxygen atoms in total. The van der Waals surface area contributed by atoms with Crippen molar-refractivity contribution in [3.05, 3.63) is 53.9 Å². The fraction of sp³-hybridized carbons (Fsp3) is 0.429. The Balaban J connectivity index is 1.97. The first-order chi connectivity index (χ1) is 12.1. The standard InChI is InChI=1S/C21H27N3O/c1-16-20(19(12-13-22-16)17-9-5-4-6-10-17)21(25)24-14-8-7-11-18(15-24)23(2)3/h4-6,9-10,12-13,18H,7-8,11,14-15H2,1-3H3. The molecule has 1 fully saturated rings. The zero-order chi connectivity index (χ0) is 17.8. The number of rotatable bonds is 3. The van der Waals surface area contributed by atoms with Crippen LogP contribution in [0.15, 0.2) is 42.6 Å². The third kappa shape index (κ3) is 3.90. The number of likely N-dealkylation sites (N-methyl/N-ethyl adjacent to an activating group) is 1. The molecule has 0 N–H and O–H groups in total. The molecule has 1 aromatic carbocycles. The maximum atomic E-state index is 13.4. The SMILES string of the molecule is Cc1nccc(-c2ccccc2)c1C(=O)N1CCCCC(N(C)C)C1. The second-order valence-electron chi connectivity index (χ2n) is 7.05. The summed E-state index contributed by atoms with van der Waals surface area (Å²) in [5, 5.41) is 0. The van der Waals surface area contributed by atoms with Gasteiger partial charge < -0.3 is 9.80 Å². The van der Waals surface area contributed by atoms with Gasteiger partial charge in [-0.05, 0) is 51.1 Å². The third-order valence-corrected chi connectivity index (χ3v) is 5.10. The molecule has 25 heavy (non-hydrogen) atoms. The van der Waals surface area contributed by atoms with Crippen LogP contribution in [0.3, 0.4) is 0 Å². The van der Waals surface area contributed by atoms with Gasteiger partial charge in [0.2, 0.25) is 0 Å². The lowest BCUT2D eigenvalue weighted by atomic mass is 9.98. The second-order valence-corrected chi connectivity index (χ2v) is 7.05. The average Bonchev–Trinajstić information content (AvgIpc) is 2.88. The number of carbonyl (C=O) groups excluding carboxylic acids is 1. The van der Waals surface area contributed by atoms with E-state index in [1.54, 1.807) is 6.20 Å². The van der Waals surface area contributed by atoms with Gasteiger partial charge in [0.1, 0.15) is 0 Å². The van der Waals surface area contributed by atoms with E-state index in [0.717, 1.165) is 48.3 Å². The summed E-state index contributed by atoms with van der Waals surface area (Å²) in [5.41, 5.74) is 3.59. The highest BCUT2D eigenvalue weighted by molar-refractivity contribution is 6.01. The molecule has 1 amide bonds. The van der Waals surface area contributed by atoms with Crippen LogP contribution in [0.25, 0.3) is 11.1 Å². The summed E-state index contributed by atoms with van der Waals surface area (Å²) >= 11 is 0.